The summed E-state index contributed by atoms with van der Waals surface area (Å²) in [4.78, 5) is 28.9. The van der Waals surface area contributed by atoms with E-state index in [4.69, 9.17) is 0 Å². The number of phenolic OH excluding ortho intramolecular Hbond substituents is 1. The van der Waals surface area contributed by atoms with Gasteiger partial charge in [-0.2, -0.15) is 0 Å². The smallest absolute Gasteiger partial charge is 0.252 e. The predicted molar refractivity (Wildman–Crippen MR) is 154 cm³/mol. The summed E-state index contributed by atoms with van der Waals surface area (Å²) in [6.07, 6.45) is 5.12. The molecule has 1 aliphatic carbocycles. The van der Waals surface area contributed by atoms with Crippen molar-refractivity contribution < 1.29 is 19.8 Å². The van der Waals surface area contributed by atoms with Crippen LogP contribution in [0, 0.1) is 18.8 Å². The summed E-state index contributed by atoms with van der Waals surface area (Å²) in [7, 11) is 0. The molecule has 2 aromatic rings. The number of rotatable bonds is 8. The number of aromatic hydroxyl groups is 1. The zero-order chi connectivity index (χ0) is 28.2. The first kappa shape index (κ1) is 29.1. The second-order valence-corrected chi connectivity index (χ2v) is 12.5. The van der Waals surface area contributed by atoms with Crippen molar-refractivity contribution in [3.63, 3.8) is 0 Å². The maximum atomic E-state index is 13.4. The van der Waals surface area contributed by atoms with Gasteiger partial charge in [-0.1, -0.05) is 55.7 Å². The van der Waals surface area contributed by atoms with Gasteiger partial charge in [0, 0.05) is 29.8 Å². The maximum Gasteiger partial charge on any atom is 0.252 e. The number of phenols is 1. The standard InChI is InChI=1S/C32H45N3O4/c1-21-25(15-10-16-28(21)36)30(38)33-26(17-22-11-6-5-7-12-22)29(37)20-35-19-24-14-9-8-13-23(24)18-27(35)31(39)34-32(2,3)4/h5-7,10-12,15-16,23-24,26-27,29,36-37H,8-9,13-14,17-20H2,1-4H3,(H,33,38)(H,34,39)/t23-,24+,26-,27-,29?/m0/s1. The number of carbonyl (C=O) groups is 2. The highest BCUT2D eigenvalue weighted by Gasteiger charge is 2.41. The average molecular weight is 536 g/mol. The van der Waals surface area contributed by atoms with Gasteiger partial charge in [-0.05, 0) is 76.5 Å². The monoisotopic (exact) mass is 535 g/mol. The van der Waals surface area contributed by atoms with Gasteiger partial charge < -0.3 is 20.8 Å². The Morgan fingerprint density at radius 1 is 1.03 bits per heavy atom. The Morgan fingerprint density at radius 2 is 1.72 bits per heavy atom. The second kappa shape index (κ2) is 12.5. The van der Waals surface area contributed by atoms with Crippen molar-refractivity contribution >= 4 is 11.8 Å². The lowest BCUT2D eigenvalue weighted by Crippen LogP contribution is -2.60. The number of hydrogen-bond acceptors (Lipinski definition) is 5. The molecule has 0 spiro atoms. The van der Waals surface area contributed by atoms with Crippen LogP contribution in [0.5, 0.6) is 5.75 Å². The van der Waals surface area contributed by atoms with Crippen LogP contribution in [0.3, 0.4) is 0 Å². The van der Waals surface area contributed by atoms with Gasteiger partial charge in [0.2, 0.25) is 5.91 Å². The van der Waals surface area contributed by atoms with Crippen LogP contribution in [0.1, 0.15) is 74.4 Å². The number of aliphatic hydroxyl groups excluding tert-OH is 1. The fourth-order valence-electron chi connectivity index (χ4n) is 6.26. The summed E-state index contributed by atoms with van der Waals surface area (Å²) in [5, 5.41) is 28.0. The minimum atomic E-state index is -0.892. The highest BCUT2D eigenvalue weighted by atomic mass is 16.3. The molecule has 0 radical (unpaired) electrons. The Labute approximate surface area is 233 Å². The van der Waals surface area contributed by atoms with Gasteiger partial charge in [0.15, 0.2) is 0 Å². The highest BCUT2D eigenvalue weighted by molar-refractivity contribution is 5.96. The van der Waals surface area contributed by atoms with E-state index >= 15 is 0 Å². The number of likely N-dealkylation sites (tertiary alicyclic amines) is 1. The third kappa shape index (κ3) is 7.61. The Bertz CT molecular complexity index is 1130. The molecular formula is C32H45N3O4. The fraction of sp³-hybridized carbons (Fsp3) is 0.562. The molecule has 2 amide bonds. The first-order valence-electron chi connectivity index (χ1n) is 14.4. The summed E-state index contributed by atoms with van der Waals surface area (Å²) in [5.41, 5.74) is 1.54. The predicted octanol–water partition coefficient (Wildman–Crippen LogP) is 4.20. The van der Waals surface area contributed by atoms with Gasteiger partial charge >= 0.3 is 0 Å². The Balaban J connectivity index is 1.56. The van der Waals surface area contributed by atoms with Crippen molar-refractivity contribution in [2.24, 2.45) is 11.8 Å². The number of fused-ring (bicyclic) bond motifs is 1. The lowest BCUT2D eigenvalue weighted by atomic mass is 9.72. The summed E-state index contributed by atoms with van der Waals surface area (Å²) < 4.78 is 0. The summed E-state index contributed by atoms with van der Waals surface area (Å²) in [5.74, 6) is 0.804. The Morgan fingerprint density at radius 3 is 2.41 bits per heavy atom. The number of carbonyl (C=O) groups excluding carboxylic acids is 2. The molecule has 212 valence electrons. The van der Waals surface area contributed by atoms with Crippen LogP contribution >= 0.6 is 0 Å². The van der Waals surface area contributed by atoms with Crippen molar-refractivity contribution in [2.45, 2.75) is 89.9 Å². The van der Waals surface area contributed by atoms with E-state index in [2.05, 4.69) is 15.5 Å². The topological polar surface area (TPSA) is 102 Å². The summed E-state index contributed by atoms with van der Waals surface area (Å²) in [6.45, 7) is 8.75. The largest absolute Gasteiger partial charge is 0.508 e. The molecule has 2 fully saturated rings. The number of aliphatic hydroxyl groups is 1. The van der Waals surface area contributed by atoms with Crippen LogP contribution in [0.15, 0.2) is 48.5 Å². The zero-order valence-corrected chi connectivity index (χ0v) is 23.8. The minimum absolute atomic E-state index is 0.0118. The number of nitrogens with one attached hydrogen (secondary N) is 2. The second-order valence-electron chi connectivity index (χ2n) is 12.5. The fourth-order valence-corrected chi connectivity index (χ4v) is 6.26. The van der Waals surface area contributed by atoms with Crippen molar-refractivity contribution in [1.82, 2.24) is 15.5 Å². The van der Waals surface area contributed by atoms with E-state index in [1.54, 1.807) is 25.1 Å². The van der Waals surface area contributed by atoms with Gasteiger partial charge in [0.05, 0.1) is 18.2 Å². The van der Waals surface area contributed by atoms with Gasteiger partial charge in [-0.25, -0.2) is 0 Å². The molecule has 1 aliphatic heterocycles. The SMILES string of the molecule is Cc1c(O)cccc1C(=O)N[C@@H](Cc1ccccc1)C(O)CN1C[C@H]2CCCC[C@H]2C[C@H]1C(=O)NC(C)(C)C. The molecule has 4 rings (SSSR count). The third-order valence-electron chi connectivity index (χ3n) is 8.35. The normalized spacial score (nSPS) is 23.4. The quantitative estimate of drug-likeness (QED) is 0.406. The van der Waals surface area contributed by atoms with Crippen molar-refractivity contribution in [3.05, 3.63) is 65.2 Å². The number of amides is 2. The molecule has 1 saturated heterocycles. The van der Waals surface area contributed by atoms with Gasteiger partial charge in [-0.3, -0.25) is 14.5 Å². The Kier molecular flexibility index (Phi) is 9.34. The van der Waals surface area contributed by atoms with Gasteiger partial charge in [0.25, 0.3) is 5.91 Å². The minimum Gasteiger partial charge on any atom is -0.508 e. The molecule has 5 atom stereocenters. The first-order valence-corrected chi connectivity index (χ1v) is 14.4. The van der Waals surface area contributed by atoms with Crippen molar-refractivity contribution in [1.29, 1.82) is 0 Å². The molecule has 7 heteroatoms. The average Bonchev–Trinajstić information content (AvgIpc) is 2.89. The van der Waals surface area contributed by atoms with E-state index in [-0.39, 0.29) is 29.1 Å². The maximum absolute atomic E-state index is 13.4. The molecule has 2 aliphatic rings. The molecule has 1 heterocycles. The first-order chi connectivity index (χ1) is 18.5. The zero-order valence-electron chi connectivity index (χ0n) is 23.8. The van der Waals surface area contributed by atoms with Crippen LogP contribution in [0.25, 0.3) is 0 Å². The lowest BCUT2D eigenvalue weighted by molar-refractivity contribution is -0.132. The molecule has 1 saturated carbocycles. The van der Waals surface area contributed by atoms with Crippen molar-refractivity contribution in [2.75, 3.05) is 13.1 Å². The van der Waals surface area contributed by atoms with E-state index in [9.17, 15) is 19.8 Å². The molecule has 0 aromatic heterocycles. The van der Waals surface area contributed by atoms with E-state index in [1.165, 1.54) is 12.8 Å². The van der Waals surface area contributed by atoms with Crippen LogP contribution in [-0.4, -0.2) is 63.7 Å². The third-order valence-corrected chi connectivity index (χ3v) is 8.35. The molecule has 39 heavy (non-hydrogen) atoms. The number of nitrogens with zero attached hydrogens (tertiary/aromatic N) is 1. The molecule has 2 aromatic carbocycles. The van der Waals surface area contributed by atoms with E-state index in [0.717, 1.165) is 31.4 Å². The Hall–Kier alpha value is -2.90. The van der Waals surface area contributed by atoms with E-state index < -0.39 is 12.1 Å². The van der Waals surface area contributed by atoms with Crippen LogP contribution in [0.2, 0.25) is 0 Å². The number of β-amino-alcohol motifs (C(OH)–C–C–N with tert-alkyl or cyclic N) is 1. The van der Waals surface area contributed by atoms with Crippen LogP contribution < -0.4 is 10.6 Å². The van der Waals surface area contributed by atoms with Crippen LogP contribution in [0.4, 0.5) is 0 Å². The summed E-state index contributed by atoms with van der Waals surface area (Å²) in [6, 6.07) is 13.8. The number of hydrogen-bond donors (Lipinski definition) is 4. The lowest BCUT2D eigenvalue weighted by Gasteiger charge is -2.47. The van der Waals surface area contributed by atoms with E-state index in [0.29, 0.717) is 35.9 Å². The van der Waals surface area contributed by atoms with E-state index in [1.807, 2.05) is 51.1 Å². The highest BCUT2D eigenvalue weighted by Crippen LogP contribution is 2.39. The van der Waals surface area contributed by atoms with Gasteiger partial charge in [0.1, 0.15) is 5.75 Å². The number of piperidine rings is 1. The molecule has 4 N–H and O–H groups in total. The number of benzene rings is 2. The summed E-state index contributed by atoms with van der Waals surface area (Å²) >= 11 is 0. The molecule has 7 nitrogen and oxygen atoms in total. The molecule has 1 unspecified atom stereocenters. The van der Waals surface area contributed by atoms with Crippen molar-refractivity contribution in [3.8, 4) is 5.75 Å². The van der Waals surface area contributed by atoms with Crippen LogP contribution in [-0.2, 0) is 11.2 Å². The van der Waals surface area contributed by atoms with Gasteiger partial charge in [-0.15, -0.1) is 0 Å². The molecule has 0 bridgehead atoms. The molecular weight excluding hydrogens is 490 g/mol.